The molecule has 4 heteroatoms. The van der Waals surface area contributed by atoms with E-state index in [1.165, 1.54) is 0 Å². The second-order valence-electron chi connectivity index (χ2n) is 7.17. The summed E-state index contributed by atoms with van der Waals surface area (Å²) < 4.78 is 6.39. The Bertz CT molecular complexity index is 729. The monoisotopic (exact) mass is 323 g/mol. The van der Waals surface area contributed by atoms with E-state index in [1.54, 1.807) is 0 Å². The molecule has 2 aromatic rings. The van der Waals surface area contributed by atoms with Crippen LogP contribution in [0.25, 0.3) is 11.1 Å². The minimum absolute atomic E-state index is 0.0211. The van der Waals surface area contributed by atoms with Crippen LogP contribution in [0.3, 0.4) is 0 Å². The van der Waals surface area contributed by atoms with Crippen LogP contribution in [0.5, 0.6) is 0 Å². The van der Waals surface area contributed by atoms with Gasteiger partial charge in [-0.1, -0.05) is 48.5 Å². The van der Waals surface area contributed by atoms with E-state index < -0.39 is 0 Å². The second-order valence-corrected chi connectivity index (χ2v) is 7.17. The molecule has 0 atom stereocenters. The van der Waals surface area contributed by atoms with Crippen LogP contribution in [0, 0.1) is 0 Å². The second kappa shape index (κ2) is 5.72. The number of hydrogen-bond acceptors (Lipinski definition) is 3. The molecule has 2 aromatic carbocycles. The summed E-state index contributed by atoms with van der Waals surface area (Å²) in [6.07, 6.45) is 1.64. The first-order valence-electron chi connectivity index (χ1n) is 8.57. The minimum atomic E-state index is -0.307. The van der Waals surface area contributed by atoms with Gasteiger partial charge >= 0.3 is 5.97 Å². The fourth-order valence-corrected chi connectivity index (χ4v) is 3.89. The quantitative estimate of drug-likeness (QED) is 0.525. The number of likely N-dealkylation sites (tertiary alicyclic amines) is 1. The van der Waals surface area contributed by atoms with Crippen LogP contribution in [0.1, 0.15) is 29.9 Å². The maximum atomic E-state index is 12.9. The Morgan fingerprint density at radius 3 is 2.04 bits per heavy atom. The Labute approximate surface area is 142 Å². The van der Waals surface area contributed by atoms with Gasteiger partial charge in [-0.15, -0.1) is 0 Å². The first-order chi connectivity index (χ1) is 11.6. The first-order valence-corrected chi connectivity index (χ1v) is 8.57. The molecule has 1 heterocycles. The number of benzene rings is 2. The molecular weight excluding hydrogens is 300 g/mol. The number of nitrogens with two attached hydrogens (primary N) is 1. The molecule has 0 amide bonds. The Kier molecular flexibility index (Phi) is 3.66. The number of piperidine rings is 1. The highest BCUT2D eigenvalue weighted by Gasteiger charge is 2.37. The van der Waals surface area contributed by atoms with E-state index in [2.05, 4.69) is 12.1 Å². The lowest BCUT2D eigenvalue weighted by atomic mass is 9.97. The van der Waals surface area contributed by atoms with Crippen molar-refractivity contribution in [1.82, 2.24) is 0 Å². The lowest BCUT2D eigenvalue weighted by molar-refractivity contribution is -0.926. The van der Waals surface area contributed by atoms with Gasteiger partial charge in [0.1, 0.15) is 12.0 Å². The summed E-state index contributed by atoms with van der Waals surface area (Å²) >= 11 is 0. The zero-order valence-electron chi connectivity index (χ0n) is 13.9. The number of hydrogen-bond donors (Lipinski definition) is 1. The highest BCUT2D eigenvalue weighted by molar-refractivity contribution is 5.93. The average Bonchev–Trinajstić information content (AvgIpc) is 2.91. The van der Waals surface area contributed by atoms with E-state index in [0.29, 0.717) is 4.59 Å². The molecule has 0 spiro atoms. The number of ether oxygens (including phenoxy) is 1. The fraction of sp³-hybridized carbons (Fsp3) is 0.350. The van der Waals surface area contributed by atoms with E-state index in [1.807, 2.05) is 43.4 Å². The van der Waals surface area contributed by atoms with Crippen molar-refractivity contribution in [2.75, 3.05) is 20.1 Å². The number of carbonyl (C=O) groups is 1. The maximum Gasteiger partial charge on any atom is 0.318 e. The fourth-order valence-electron chi connectivity index (χ4n) is 3.89. The number of quaternary nitrogens is 1. The molecule has 0 bridgehead atoms. The number of esters is 1. The van der Waals surface area contributed by atoms with Crippen LogP contribution in [0.2, 0.25) is 0 Å². The lowest BCUT2D eigenvalue weighted by Gasteiger charge is -2.35. The van der Waals surface area contributed by atoms with E-state index in [4.69, 9.17) is 10.6 Å². The van der Waals surface area contributed by atoms with Crippen LogP contribution < -0.4 is 5.84 Å². The Balaban J connectivity index is 1.59. The van der Waals surface area contributed by atoms with Gasteiger partial charge < -0.3 is 4.74 Å². The van der Waals surface area contributed by atoms with E-state index in [0.717, 1.165) is 48.2 Å². The molecule has 124 valence electrons. The standard InChI is InChI=1S/C20H23N2O2/c1-22(21)12-10-14(11-13-22)24-20(23)19-17-8-4-2-6-15(17)16-7-3-5-9-18(16)19/h2-9,14,19H,10-13,21H2,1H3/q+1. The molecule has 24 heavy (non-hydrogen) atoms. The summed E-state index contributed by atoms with van der Waals surface area (Å²) in [6, 6.07) is 16.3. The van der Waals surface area contributed by atoms with E-state index in [9.17, 15) is 4.79 Å². The normalized spacial score (nSPS) is 25.8. The van der Waals surface area contributed by atoms with Crippen molar-refractivity contribution in [2.24, 2.45) is 5.84 Å². The third kappa shape index (κ3) is 2.62. The van der Waals surface area contributed by atoms with Crippen molar-refractivity contribution < 1.29 is 14.1 Å². The molecule has 0 aromatic heterocycles. The van der Waals surface area contributed by atoms with Crippen LogP contribution in [-0.4, -0.2) is 36.8 Å². The lowest BCUT2D eigenvalue weighted by Crippen LogP contribution is -2.56. The first kappa shape index (κ1) is 15.4. The van der Waals surface area contributed by atoms with Gasteiger partial charge in [-0.25, -0.2) is 0 Å². The van der Waals surface area contributed by atoms with Gasteiger partial charge in [-0.05, 0) is 22.3 Å². The summed E-state index contributed by atoms with van der Waals surface area (Å²) in [4.78, 5) is 12.9. The van der Waals surface area contributed by atoms with Crippen molar-refractivity contribution in [2.45, 2.75) is 24.9 Å². The van der Waals surface area contributed by atoms with Crippen LogP contribution in [-0.2, 0) is 9.53 Å². The van der Waals surface area contributed by atoms with Crippen molar-refractivity contribution in [3.8, 4) is 11.1 Å². The zero-order valence-corrected chi connectivity index (χ0v) is 13.9. The minimum Gasteiger partial charge on any atom is -0.461 e. The van der Waals surface area contributed by atoms with Gasteiger partial charge in [0.2, 0.25) is 0 Å². The summed E-state index contributed by atoms with van der Waals surface area (Å²) in [5.74, 6) is 5.68. The number of carbonyl (C=O) groups excluding carboxylic acids is 1. The summed E-state index contributed by atoms with van der Waals surface area (Å²) in [6.45, 7) is 1.69. The smallest absolute Gasteiger partial charge is 0.318 e. The van der Waals surface area contributed by atoms with Gasteiger partial charge in [0.15, 0.2) is 0 Å². The topological polar surface area (TPSA) is 52.3 Å². The zero-order chi connectivity index (χ0) is 16.7. The number of rotatable bonds is 2. The molecule has 2 aliphatic rings. The SMILES string of the molecule is C[N+]1(N)CCC(OC(=O)C2c3ccccc3-c3ccccc32)CC1. The Morgan fingerprint density at radius 2 is 1.50 bits per heavy atom. The number of fused-ring (bicyclic) bond motifs is 3. The molecule has 0 radical (unpaired) electrons. The van der Waals surface area contributed by atoms with Crippen molar-refractivity contribution in [3.05, 3.63) is 59.7 Å². The Morgan fingerprint density at radius 1 is 1.00 bits per heavy atom. The molecule has 1 fully saturated rings. The highest BCUT2D eigenvalue weighted by Crippen LogP contribution is 2.45. The summed E-state index contributed by atoms with van der Waals surface area (Å²) in [5, 5.41) is 0. The molecular formula is C20H23N2O2+. The molecule has 0 unspecified atom stereocenters. The predicted molar refractivity (Wildman–Crippen MR) is 92.9 cm³/mol. The molecule has 1 saturated heterocycles. The van der Waals surface area contributed by atoms with Crippen LogP contribution in [0.4, 0.5) is 0 Å². The van der Waals surface area contributed by atoms with Crippen molar-refractivity contribution >= 4 is 5.97 Å². The summed E-state index contributed by atoms with van der Waals surface area (Å²) in [7, 11) is 2.02. The van der Waals surface area contributed by atoms with Gasteiger partial charge in [-0.3, -0.25) is 9.39 Å². The third-order valence-electron chi connectivity index (χ3n) is 5.28. The molecule has 1 aliphatic carbocycles. The van der Waals surface area contributed by atoms with Gasteiger partial charge in [-0.2, -0.15) is 5.84 Å². The van der Waals surface area contributed by atoms with Gasteiger partial charge in [0, 0.05) is 12.8 Å². The van der Waals surface area contributed by atoms with Crippen LogP contribution in [0.15, 0.2) is 48.5 Å². The van der Waals surface area contributed by atoms with E-state index in [-0.39, 0.29) is 18.0 Å². The van der Waals surface area contributed by atoms with Gasteiger partial charge in [0.05, 0.1) is 20.1 Å². The summed E-state index contributed by atoms with van der Waals surface area (Å²) in [5.41, 5.74) is 4.40. The predicted octanol–water partition coefficient (Wildman–Crippen LogP) is 2.82. The molecule has 1 aliphatic heterocycles. The Hall–Kier alpha value is -2.17. The van der Waals surface area contributed by atoms with E-state index >= 15 is 0 Å². The third-order valence-corrected chi connectivity index (χ3v) is 5.28. The average molecular weight is 323 g/mol. The largest absolute Gasteiger partial charge is 0.461 e. The number of nitrogens with zero attached hydrogens (tertiary/aromatic N) is 1. The molecule has 4 rings (SSSR count). The van der Waals surface area contributed by atoms with Crippen molar-refractivity contribution in [1.29, 1.82) is 0 Å². The van der Waals surface area contributed by atoms with Crippen molar-refractivity contribution in [3.63, 3.8) is 0 Å². The molecule has 4 nitrogen and oxygen atoms in total. The maximum absolute atomic E-state index is 12.9. The molecule has 0 saturated carbocycles. The highest BCUT2D eigenvalue weighted by atomic mass is 16.5. The molecule has 2 N–H and O–H groups in total. The van der Waals surface area contributed by atoms with Crippen LogP contribution >= 0.6 is 0 Å². The van der Waals surface area contributed by atoms with Gasteiger partial charge in [0.25, 0.3) is 0 Å².